The van der Waals surface area contributed by atoms with Gasteiger partial charge in [-0.05, 0) is 42.9 Å². The maximum atomic E-state index is 13.0. The summed E-state index contributed by atoms with van der Waals surface area (Å²) in [6.07, 6.45) is 3.75. The Bertz CT molecular complexity index is 818. The maximum absolute atomic E-state index is 13.0. The summed E-state index contributed by atoms with van der Waals surface area (Å²) in [5.74, 6) is -1.12. The number of methoxy groups -OCH3 is 1. The molecule has 25 heavy (non-hydrogen) atoms. The van der Waals surface area contributed by atoms with Gasteiger partial charge in [0.2, 0.25) is 0 Å². The maximum Gasteiger partial charge on any atom is 0.326 e. The number of nitrogens with zero attached hydrogens (tertiary/aromatic N) is 1. The standard InChI is InChI=1S/C17H21NO6S/c1-24-14-7-6-11(25(2,22)23)8-13(14)16(19)18-9-10-4-3-5-12(10)15(18)17(20)21/h6-8,10,12,15H,3-5,9H2,1-2H3,(H,20,21). The Hall–Kier alpha value is -2.09. The number of carbonyl (C=O) groups excluding carboxylic acids is 1. The minimum atomic E-state index is -3.49. The Kier molecular flexibility index (Phi) is 4.49. The molecule has 1 aliphatic heterocycles. The lowest BCUT2D eigenvalue weighted by atomic mass is 9.94. The van der Waals surface area contributed by atoms with Crippen LogP contribution in [-0.2, 0) is 14.6 Å². The summed E-state index contributed by atoms with van der Waals surface area (Å²) >= 11 is 0. The molecular weight excluding hydrogens is 346 g/mol. The topological polar surface area (TPSA) is 101 Å². The number of aliphatic carboxylic acids is 1. The van der Waals surface area contributed by atoms with Crippen molar-refractivity contribution in [1.29, 1.82) is 0 Å². The average molecular weight is 367 g/mol. The first-order chi connectivity index (χ1) is 11.7. The van der Waals surface area contributed by atoms with E-state index in [1.807, 2.05) is 0 Å². The Morgan fingerprint density at radius 2 is 2.00 bits per heavy atom. The molecule has 1 aromatic carbocycles. The highest BCUT2D eigenvalue weighted by molar-refractivity contribution is 7.90. The van der Waals surface area contributed by atoms with Crippen LogP contribution in [0.1, 0.15) is 29.6 Å². The molecule has 0 spiro atoms. The van der Waals surface area contributed by atoms with Crippen LogP contribution >= 0.6 is 0 Å². The summed E-state index contributed by atoms with van der Waals surface area (Å²) in [6.45, 7) is 0.382. The number of carboxylic acid groups (broad SMARTS) is 1. The van der Waals surface area contributed by atoms with Crippen LogP contribution in [0, 0.1) is 11.8 Å². The van der Waals surface area contributed by atoms with Crippen molar-refractivity contribution in [2.24, 2.45) is 11.8 Å². The van der Waals surface area contributed by atoms with Gasteiger partial charge >= 0.3 is 5.97 Å². The summed E-state index contributed by atoms with van der Waals surface area (Å²) in [7, 11) is -2.11. The molecule has 0 bridgehead atoms. The van der Waals surface area contributed by atoms with Gasteiger partial charge in [-0.2, -0.15) is 0 Å². The minimum Gasteiger partial charge on any atom is -0.496 e. The van der Waals surface area contributed by atoms with Gasteiger partial charge in [0.1, 0.15) is 11.8 Å². The summed E-state index contributed by atoms with van der Waals surface area (Å²) in [5, 5.41) is 9.62. The van der Waals surface area contributed by atoms with Crippen molar-refractivity contribution >= 4 is 21.7 Å². The molecule has 3 unspecified atom stereocenters. The van der Waals surface area contributed by atoms with Gasteiger partial charge in [0.25, 0.3) is 5.91 Å². The third kappa shape index (κ3) is 3.10. The van der Waals surface area contributed by atoms with Crippen LogP contribution in [0.3, 0.4) is 0 Å². The van der Waals surface area contributed by atoms with Gasteiger partial charge in [-0.15, -0.1) is 0 Å². The highest BCUT2D eigenvalue weighted by Crippen LogP contribution is 2.43. The smallest absolute Gasteiger partial charge is 0.326 e. The van der Waals surface area contributed by atoms with Gasteiger partial charge in [-0.3, -0.25) is 4.79 Å². The van der Waals surface area contributed by atoms with Crippen LogP contribution < -0.4 is 4.74 Å². The Labute approximate surface area is 146 Å². The molecule has 1 N–H and O–H groups in total. The van der Waals surface area contributed by atoms with E-state index in [4.69, 9.17) is 4.74 Å². The zero-order valence-corrected chi connectivity index (χ0v) is 15.0. The third-order valence-electron chi connectivity index (χ3n) is 5.23. The first-order valence-electron chi connectivity index (χ1n) is 8.16. The summed E-state index contributed by atoms with van der Waals surface area (Å²) in [4.78, 5) is 26.2. The fourth-order valence-corrected chi connectivity index (χ4v) is 4.72. The molecule has 3 rings (SSSR count). The second-order valence-corrected chi connectivity index (χ2v) is 8.75. The van der Waals surface area contributed by atoms with Crippen molar-refractivity contribution in [3.8, 4) is 5.75 Å². The molecule has 7 nitrogen and oxygen atoms in total. The number of likely N-dealkylation sites (tertiary alicyclic amines) is 1. The molecule has 1 heterocycles. The fourth-order valence-electron chi connectivity index (χ4n) is 4.07. The van der Waals surface area contributed by atoms with Crippen molar-refractivity contribution in [3.63, 3.8) is 0 Å². The number of carbonyl (C=O) groups is 2. The molecule has 0 radical (unpaired) electrons. The quantitative estimate of drug-likeness (QED) is 0.864. The van der Waals surface area contributed by atoms with E-state index in [1.54, 1.807) is 0 Å². The van der Waals surface area contributed by atoms with Gasteiger partial charge < -0.3 is 14.7 Å². The number of fused-ring (bicyclic) bond motifs is 1. The third-order valence-corrected chi connectivity index (χ3v) is 6.34. The van der Waals surface area contributed by atoms with Crippen LogP contribution in [0.5, 0.6) is 5.75 Å². The zero-order chi connectivity index (χ0) is 18.4. The number of amides is 1. The number of hydrogen-bond acceptors (Lipinski definition) is 5. The van der Waals surface area contributed by atoms with E-state index in [-0.39, 0.29) is 28.0 Å². The van der Waals surface area contributed by atoms with Crippen molar-refractivity contribution in [2.45, 2.75) is 30.2 Å². The number of hydrogen-bond donors (Lipinski definition) is 1. The second-order valence-electron chi connectivity index (χ2n) is 6.73. The highest BCUT2D eigenvalue weighted by atomic mass is 32.2. The predicted molar refractivity (Wildman–Crippen MR) is 89.4 cm³/mol. The van der Waals surface area contributed by atoms with Gasteiger partial charge in [-0.1, -0.05) is 6.42 Å². The first kappa shape index (κ1) is 17.7. The second kappa shape index (κ2) is 6.33. The van der Waals surface area contributed by atoms with Crippen LogP contribution in [0.2, 0.25) is 0 Å². The molecule has 3 atom stereocenters. The summed E-state index contributed by atoms with van der Waals surface area (Å²) in [6, 6.07) is 3.20. The molecule has 1 aliphatic carbocycles. The molecule has 8 heteroatoms. The molecule has 1 saturated heterocycles. The fraction of sp³-hybridized carbons (Fsp3) is 0.529. The summed E-state index contributed by atoms with van der Waals surface area (Å²) in [5.41, 5.74) is 0.0802. The van der Waals surface area contributed by atoms with Crippen molar-refractivity contribution in [2.75, 3.05) is 19.9 Å². The van der Waals surface area contributed by atoms with Crippen molar-refractivity contribution < 1.29 is 27.9 Å². The van der Waals surface area contributed by atoms with Crippen LogP contribution in [0.4, 0.5) is 0 Å². The largest absolute Gasteiger partial charge is 0.496 e. The number of ether oxygens (including phenoxy) is 1. The highest BCUT2D eigenvalue weighted by Gasteiger charge is 2.50. The lowest BCUT2D eigenvalue weighted by molar-refractivity contribution is -0.142. The average Bonchev–Trinajstić information content (AvgIpc) is 3.12. The van der Waals surface area contributed by atoms with Crippen molar-refractivity contribution in [1.82, 2.24) is 4.90 Å². The molecule has 136 valence electrons. The number of rotatable bonds is 4. The molecule has 2 fully saturated rings. The number of carboxylic acids is 1. The lowest BCUT2D eigenvalue weighted by Crippen LogP contribution is -2.43. The Morgan fingerprint density at radius 1 is 1.28 bits per heavy atom. The monoisotopic (exact) mass is 367 g/mol. The summed E-state index contributed by atoms with van der Waals surface area (Å²) < 4.78 is 28.8. The molecule has 1 saturated carbocycles. The normalized spacial score (nSPS) is 25.7. The van der Waals surface area contributed by atoms with Gasteiger partial charge in [0.15, 0.2) is 9.84 Å². The molecule has 2 aliphatic rings. The van der Waals surface area contributed by atoms with Gasteiger partial charge in [-0.25, -0.2) is 13.2 Å². The number of benzene rings is 1. The van der Waals surface area contributed by atoms with E-state index < -0.39 is 27.8 Å². The van der Waals surface area contributed by atoms with Gasteiger partial charge in [0, 0.05) is 12.8 Å². The van der Waals surface area contributed by atoms with E-state index >= 15 is 0 Å². The number of sulfone groups is 1. The van der Waals surface area contributed by atoms with E-state index in [9.17, 15) is 23.1 Å². The van der Waals surface area contributed by atoms with Crippen molar-refractivity contribution in [3.05, 3.63) is 23.8 Å². The molecule has 1 aromatic rings. The zero-order valence-electron chi connectivity index (χ0n) is 14.1. The predicted octanol–water partition coefficient (Wildman–Crippen LogP) is 1.42. The molecule has 0 aromatic heterocycles. The SMILES string of the molecule is COc1ccc(S(C)(=O)=O)cc1C(=O)N1CC2CCCC2C1C(=O)O. The minimum absolute atomic E-state index is 0.00270. The van der Waals surface area contributed by atoms with E-state index in [1.165, 1.54) is 30.2 Å². The molecule has 1 amide bonds. The Balaban J connectivity index is 2.01. The lowest BCUT2D eigenvalue weighted by Gasteiger charge is -2.25. The van der Waals surface area contributed by atoms with E-state index in [0.717, 1.165) is 25.5 Å². The van der Waals surface area contributed by atoms with Crippen LogP contribution in [0.25, 0.3) is 0 Å². The molecular formula is C17H21NO6S. The Morgan fingerprint density at radius 3 is 2.60 bits per heavy atom. The van der Waals surface area contributed by atoms with Gasteiger partial charge in [0.05, 0.1) is 17.6 Å². The van der Waals surface area contributed by atoms with E-state index in [0.29, 0.717) is 6.54 Å². The first-order valence-corrected chi connectivity index (χ1v) is 10.0. The van der Waals surface area contributed by atoms with Crippen LogP contribution in [-0.4, -0.2) is 56.3 Å². The van der Waals surface area contributed by atoms with E-state index in [2.05, 4.69) is 0 Å². The van der Waals surface area contributed by atoms with Crippen LogP contribution in [0.15, 0.2) is 23.1 Å².